The summed E-state index contributed by atoms with van der Waals surface area (Å²) in [5, 5.41) is 12.0. The van der Waals surface area contributed by atoms with Gasteiger partial charge in [-0.25, -0.2) is 8.78 Å². The van der Waals surface area contributed by atoms with Gasteiger partial charge in [-0.15, -0.1) is 10.2 Å². The van der Waals surface area contributed by atoms with Crippen molar-refractivity contribution in [3.8, 4) is 0 Å². The number of nitrogens with zero attached hydrogens (tertiary/aromatic N) is 4. The minimum absolute atomic E-state index is 0.129. The van der Waals surface area contributed by atoms with Crippen LogP contribution < -0.4 is 10.2 Å². The van der Waals surface area contributed by atoms with Crippen LogP contribution in [-0.2, 0) is 4.79 Å². The highest BCUT2D eigenvalue weighted by Crippen LogP contribution is 2.41. The van der Waals surface area contributed by atoms with Crippen LogP contribution in [0.4, 0.5) is 20.4 Å². The topological polar surface area (TPSA) is 63.1 Å². The SMILES string of the molecule is O=C(CSc1nnc(N2CCCCC2)n1C1CC1)Nc1ccc(F)c(F)c1. The third-order valence-electron chi connectivity index (χ3n) is 4.73. The molecule has 1 aromatic carbocycles. The van der Waals surface area contributed by atoms with Gasteiger partial charge in [0.2, 0.25) is 11.9 Å². The highest BCUT2D eigenvalue weighted by molar-refractivity contribution is 7.99. The molecule has 4 rings (SSSR count). The van der Waals surface area contributed by atoms with Crippen molar-refractivity contribution in [2.45, 2.75) is 43.3 Å². The van der Waals surface area contributed by atoms with E-state index in [1.165, 1.54) is 24.2 Å². The molecule has 1 N–H and O–H groups in total. The number of hydrogen-bond donors (Lipinski definition) is 1. The summed E-state index contributed by atoms with van der Waals surface area (Å²) in [6.07, 6.45) is 5.79. The van der Waals surface area contributed by atoms with Gasteiger partial charge in [-0.05, 0) is 44.2 Å². The first-order chi connectivity index (χ1) is 13.1. The molecule has 144 valence electrons. The summed E-state index contributed by atoms with van der Waals surface area (Å²) in [5.41, 5.74) is 0.233. The lowest BCUT2D eigenvalue weighted by Gasteiger charge is -2.27. The molecule has 27 heavy (non-hydrogen) atoms. The molecular formula is C18H21F2N5OS. The average molecular weight is 393 g/mol. The standard InChI is InChI=1S/C18H21F2N5OS/c19-14-7-4-12(10-15(14)20)21-16(26)11-27-18-23-22-17(25(18)13-5-6-13)24-8-2-1-3-9-24/h4,7,10,13H,1-3,5-6,8-9,11H2,(H,21,26). The summed E-state index contributed by atoms with van der Waals surface area (Å²) < 4.78 is 28.4. The second kappa shape index (κ2) is 7.84. The van der Waals surface area contributed by atoms with Crippen molar-refractivity contribution in [3.63, 3.8) is 0 Å². The number of nitrogens with one attached hydrogen (secondary N) is 1. The quantitative estimate of drug-likeness (QED) is 0.760. The molecule has 1 saturated carbocycles. The summed E-state index contributed by atoms with van der Waals surface area (Å²) >= 11 is 1.32. The van der Waals surface area contributed by atoms with Crippen LogP contribution in [0.15, 0.2) is 23.4 Å². The molecular weight excluding hydrogens is 372 g/mol. The maximum absolute atomic E-state index is 13.3. The molecule has 0 bridgehead atoms. The fraction of sp³-hybridized carbons (Fsp3) is 0.500. The first kappa shape index (κ1) is 18.2. The van der Waals surface area contributed by atoms with Crippen molar-refractivity contribution < 1.29 is 13.6 Å². The first-order valence-corrected chi connectivity index (χ1v) is 10.2. The van der Waals surface area contributed by atoms with E-state index in [4.69, 9.17) is 0 Å². The molecule has 0 radical (unpaired) electrons. The predicted octanol–water partition coefficient (Wildman–Crippen LogP) is 3.61. The Morgan fingerprint density at radius 1 is 1.15 bits per heavy atom. The number of amides is 1. The van der Waals surface area contributed by atoms with Gasteiger partial charge in [0.05, 0.1) is 5.75 Å². The molecule has 1 aliphatic carbocycles. The van der Waals surface area contributed by atoms with Gasteiger partial charge in [0.15, 0.2) is 16.8 Å². The molecule has 2 aliphatic rings. The van der Waals surface area contributed by atoms with Crippen molar-refractivity contribution >= 4 is 29.3 Å². The van der Waals surface area contributed by atoms with E-state index in [1.807, 2.05) is 0 Å². The predicted molar refractivity (Wildman–Crippen MR) is 100 cm³/mol. The normalized spacial score (nSPS) is 17.2. The molecule has 1 aliphatic heterocycles. The van der Waals surface area contributed by atoms with E-state index < -0.39 is 11.6 Å². The second-order valence-electron chi connectivity index (χ2n) is 6.90. The average Bonchev–Trinajstić information content (AvgIpc) is 3.43. The number of aromatic nitrogens is 3. The summed E-state index contributed by atoms with van der Waals surface area (Å²) in [5.74, 6) is -1.19. The monoisotopic (exact) mass is 393 g/mol. The first-order valence-electron chi connectivity index (χ1n) is 9.19. The lowest BCUT2D eigenvalue weighted by Crippen LogP contribution is -2.32. The van der Waals surface area contributed by atoms with Crippen LogP contribution in [0.3, 0.4) is 0 Å². The number of benzene rings is 1. The maximum Gasteiger partial charge on any atom is 0.234 e. The van der Waals surface area contributed by atoms with E-state index in [0.717, 1.165) is 62.0 Å². The number of anilines is 2. The zero-order valence-electron chi connectivity index (χ0n) is 14.8. The summed E-state index contributed by atoms with van der Waals surface area (Å²) in [6, 6.07) is 3.71. The van der Waals surface area contributed by atoms with Gasteiger partial charge in [0, 0.05) is 30.9 Å². The Morgan fingerprint density at radius 2 is 1.93 bits per heavy atom. The molecule has 2 fully saturated rings. The van der Waals surface area contributed by atoms with E-state index >= 15 is 0 Å². The van der Waals surface area contributed by atoms with Crippen LogP contribution in [0.25, 0.3) is 0 Å². The van der Waals surface area contributed by atoms with Gasteiger partial charge in [-0.3, -0.25) is 9.36 Å². The Balaban J connectivity index is 1.41. The Labute approximate surface area is 160 Å². The van der Waals surface area contributed by atoms with E-state index in [2.05, 4.69) is 25.0 Å². The molecule has 1 aromatic heterocycles. The van der Waals surface area contributed by atoms with Crippen molar-refractivity contribution in [1.82, 2.24) is 14.8 Å². The Kier molecular flexibility index (Phi) is 5.29. The fourth-order valence-corrected chi connectivity index (χ4v) is 4.03. The molecule has 9 heteroatoms. The number of rotatable bonds is 6. The lowest BCUT2D eigenvalue weighted by molar-refractivity contribution is -0.113. The zero-order chi connectivity index (χ0) is 18.8. The van der Waals surface area contributed by atoms with Gasteiger partial charge in [0.25, 0.3) is 0 Å². The van der Waals surface area contributed by atoms with E-state index in [-0.39, 0.29) is 17.3 Å². The van der Waals surface area contributed by atoms with E-state index in [0.29, 0.717) is 6.04 Å². The van der Waals surface area contributed by atoms with Crippen molar-refractivity contribution in [2.75, 3.05) is 29.1 Å². The number of carbonyl (C=O) groups is 1. The van der Waals surface area contributed by atoms with E-state index in [9.17, 15) is 13.6 Å². The number of thioether (sulfide) groups is 1. The third kappa shape index (κ3) is 4.23. The number of halogens is 2. The van der Waals surface area contributed by atoms with Gasteiger partial charge in [-0.1, -0.05) is 11.8 Å². The number of piperidine rings is 1. The smallest absolute Gasteiger partial charge is 0.234 e. The van der Waals surface area contributed by atoms with Crippen LogP contribution in [-0.4, -0.2) is 39.5 Å². The van der Waals surface area contributed by atoms with Crippen molar-refractivity contribution in [1.29, 1.82) is 0 Å². The summed E-state index contributed by atoms with van der Waals surface area (Å²) in [6.45, 7) is 1.98. The molecule has 1 saturated heterocycles. The van der Waals surface area contributed by atoms with E-state index in [1.54, 1.807) is 0 Å². The fourth-order valence-electron chi connectivity index (χ4n) is 3.23. The molecule has 2 aromatic rings. The second-order valence-corrected chi connectivity index (χ2v) is 7.84. The largest absolute Gasteiger partial charge is 0.341 e. The van der Waals surface area contributed by atoms with Gasteiger partial charge in [0.1, 0.15) is 0 Å². The summed E-state index contributed by atoms with van der Waals surface area (Å²) in [7, 11) is 0. The maximum atomic E-state index is 13.3. The lowest BCUT2D eigenvalue weighted by atomic mass is 10.1. The molecule has 0 atom stereocenters. The van der Waals surface area contributed by atoms with Crippen molar-refractivity contribution in [2.24, 2.45) is 0 Å². The molecule has 6 nitrogen and oxygen atoms in total. The highest BCUT2D eigenvalue weighted by atomic mass is 32.2. The van der Waals surface area contributed by atoms with Crippen molar-refractivity contribution in [3.05, 3.63) is 29.8 Å². The van der Waals surface area contributed by atoms with Crippen LogP contribution in [0.5, 0.6) is 0 Å². The van der Waals surface area contributed by atoms with Gasteiger partial charge >= 0.3 is 0 Å². The van der Waals surface area contributed by atoms with Gasteiger partial charge < -0.3 is 10.2 Å². The third-order valence-corrected chi connectivity index (χ3v) is 5.68. The van der Waals surface area contributed by atoms with Gasteiger partial charge in [-0.2, -0.15) is 0 Å². The summed E-state index contributed by atoms with van der Waals surface area (Å²) in [4.78, 5) is 14.4. The zero-order valence-corrected chi connectivity index (χ0v) is 15.6. The Bertz CT molecular complexity index is 833. The minimum atomic E-state index is -0.986. The molecule has 0 unspecified atom stereocenters. The molecule has 0 spiro atoms. The molecule has 2 heterocycles. The minimum Gasteiger partial charge on any atom is -0.341 e. The Hall–Kier alpha value is -2.16. The highest BCUT2D eigenvalue weighted by Gasteiger charge is 2.32. The van der Waals surface area contributed by atoms with Crippen LogP contribution in [0, 0.1) is 11.6 Å². The van der Waals surface area contributed by atoms with Crippen LogP contribution in [0.2, 0.25) is 0 Å². The number of hydrogen-bond acceptors (Lipinski definition) is 5. The molecule has 1 amide bonds. The van der Waals surface area contributed by atoms with Crippen LogP contribution in [0.1, 0.15) is 38.1 Å². The number of carbonyl (C=O) groups excluding carboxylic acids is 1. The van der Waals surface area contributed by atoms with Crippen LogP contribution >= 0.6 is 11.8 Å². The Morgan fingerprint density at radius 3 is 2.63 bits per heavy atom.